The summed E-state index contributed by atoms with van der Waals surface area (Å²) in [4.78, 5) is 40.8. The Labute approximate surface area is 306 Å². The summed E-state index contributed by atoms with van der Waals surface area (Å²) in [5, 5.41) is 24.1. The summed E-state index contributed by atoms with van der Waals surface area (Å²) < 4.78 is 30.0. The van der Waals surface area contributed by atoms with Gasteiger partial charge in [0.1, 0.15) is 25.1 Å². The van der Waals surface area contributed by atoms with Gasteiger partial charge in [-0.3, -0.25) is 14.4 Å². The maximum atomic E-state index is 14.4. The van der Waals surface area contributed by atoms with E-state index in [4.69, 9.17) is 23.7 Å². The fraction of sp³-hybridized carbons (Fsp3) is 0.541. The number of aldehydes is 1. The van der Waals surface area contributed by atoms with Gasteiger partial charge in [-0.15, -0.1) is 0 Å². The van der Waals surface area contributed by atoms with Crippen molar-refractivity contribution in [1.82, 2.24) is 10.2 Å². The molecule has 1 saturated carbocycles. The average molecular weight is 807 g/mol. The molecule has 0 saturated heterocycles. The lowest BCUT2D eigenvalue weighted by atomic mass is 9.75. The van der Waals surface area contributed by atoms with Crippen LogP contribution in [0.25, 0.3) is 0 Å². The Bertz CT molecular complexity index is 1560. The number of carbonyl (C=O) groups excluding carboxylic acids is 3. The van der Waals surface area contributed by atoms with E-state index in [1.807, 2.05) is 28.7 Å². The number of carbonyl (C=O) groups is 3. The molecule has 5 rings (SSSR count). The first-order valence-corrected chi connectivity index (χ1v) is 18.2. The van der Waals surface area contributed by atoms with E-state index < -0.39 is 24.2 Å². The van der Waals surface area contributed by atoms with Crippen molar-refractivity contribution in [1.29, 1.82) is 0 Å². The van der Waals surface area contributed by atoms with Gasteiger partial charge in [0, 0.05) is 30.6 Å². The van der Waals surface area contributed by atoms with Crippen LogP contribution in [-0.4, -0.2) is 91.2 Å². The predicted octanol–water partition coefficient (Wildman–Crippen LogP) is 4.26. The summed E-state index contributed by atoms with van der Waals surface area (Å²) in [5.41, 5.74) is 1.40. The van der Waals surface area contributed by atoms with Gasteiger partial charge in [0.15, 0.2) is 23.0 Å². The molecule has 2 aromatic carbocycles. The van der Waals surface area contributed by atoms with Crippen LogP contribution in [0.3, 0.4) is 0 Å². The molecular weight excluding hydrogens is 759 g/mol. The molecule has 3 aliphatic rings. The summed E-state index contributed by atoms with van der Waals surface area (Å²) in [7, 11) is 1.44. The van der Waals surface area contributed by atoms with Crippen LogP contribution in [0, 0.1) is 21.3 Å². The van der Waals surface area contributed by atoms with E-state index in [9.17, 15) is 24.6 Å². The number of halogens is 1. The predicted molar refractivity (Wildman–Crippen MR) is 192 cm³/mol. The van der Waals surface area contributed by atoms with Gasteiger partial charge in [0.2, 0.25) is 18.6 Å². The number of methoxy groups -OCH3 is 1. The van der Waals surface area contributed by atoms with Gasteiger partial charge in [-0.05, 0) is 89.1 Å². The van der Waals surface area contributed by atoms with Crippen LogP contribution in [0.5, 0.6) is 23.0 Å². The SMILES string of the molecule is COc1cc(C=O)cc(I)c1OC1C=C(C(=O)NCCO)CC(N(Cc2ccc3c(c2)OCO3)C(=O)COC2CC(C)CCC2C(C)C)C1O. The van der Waals surface area contributed by atoms with Crippen LogP contribution in [0.15, 0.2) is 42.0 Å². The van der Waals surface area contributed by atoms with E-state index >= 15 is 0 Å². The van der Waals surface area contributed by atoms with Crippen molar-refractivity contribution < 1.29 is 48.3 Å². The highest BCUT2D eigenvalue weighted by atomic mass is 127. The third-order valence-corrected chi connectivity index (χ3v) is 10.6. The third kappa shape index (κ3) is 8.90. The van der Waals surface area contributed by atoms with Crippen molar-refractivity contribution in [3.63, 3.8) is 0 Å². The standard InChI is InChI=1S/C37H47IN2O10/c1-21(2)26-7-5-22(3)11-30(26)47-19-34(43)40(17-23-6-8-29-31(13-23)49-20-48-29)28-15-25(37(45)39-9-10-41)16-32(35(28)44)50-36-27(38)12-24(18-42)14-33(36)46-4/h6,8,12-14,16,18,21-22,26,28,30,32,35,41,44H,5,7,9-11,15,17,19-20H2,1-4H3,(H,39,45). The lowest BCUT2D eigenvalue weighted by Crippen LogP contribution is -2.55. The second-order valence-electron chi connectivity index (χ2n) is 13.6. The molecule has 1 heterocycles. The number of fused-ring (bicyclic) bond motifs is 1. The van der Waals surface area contributed by atoms with Crippen molar-refractivity contribution in [3.05, 3.63) is 56.7 Å². The molecule has 0 spiro atoms. The normalized spacial score (nSPS) is 24.4. The fourth-order valence-electron chi connectivity index (χ4n) is 7.03. The Morgan fingerprint density at radius 3 is 2.66 bits per heavy atom. The molecule has 0 radical (unpaired) electrons. The molecule has 0 bridgehead atoms. The molecule has 1 aliphatic heterocycles. The average Bonchev–Trinajstić information content (AvgIpc) is 3.58. The first-order chi connectivity index (χ1) is 24.0. The zero-order valence-electron chi connectivity index (χ0n) is 28.9. The Balaban J connectivity index is 1.49. The summed E-state index contributed by atoms with van der Waals surface area (Å²) in [6, 6.07) is 7.66. The van der Waals surface area contributed by atoms with E-state index in [2.05, 4.69) is 26.1 Å². The Kier molecular flexibility index (Phi) is 13.0. The number of nitrogens with one attached hydrogen (secondary N) is 1. The molecule has 1 fully saturated rings. The quantitative estimate of drug-likeness (QED) is 0.187. The minimum Gasteiger partial charge on any atom is -0.493 e. The number of aliphatic hydroxyl groups excluding tert-OH is 2. The zero-order chi connectivity index (χ0) is 35.9. The number of hydrogen-bond acceptors (Lipinski definition) is 10. The van der Waals surface area contributed by atoms with Crippen LogP contribution in [0.2, 0.25) is 0 Å². The third-order valence-electron chi connectivity index (χ3n) is 9.75. The molecule has 3 N–H and O–H groups in total. The summed E-state index contributed by atoms with van der Waals surface area (Å²) in [6.45, 7) is 6.32. The van der Waals surface area contributed by atoms with Crippen LogP contribution < -0.4 is 24.3 Å². The van der Waals surface area contributed by atoms with Gasteiger partial charge < -0.3 is 44.1 Å². The van der Waals surface area contributed by atoms with Gasteiger partial charge >= 0.3 is 0 Å². The number of nitrogens with zero attached hydrogens (tertiary/aromatic N) is 1. The van der Waals surface area contributed by atoms with Crippen molar-refractivity contribution >= 4 is 40.7 Å². The largest absolute Gasteiger partial charge is 0.493 e. The summed E-state index contributed by atoms with van der Waals surface area (Å²) >= 11 is 2.02. The highest BCUT2D eigenvalue weighted by Gasteiger charge is 2.42. The van der Waals surface area contributed by atoms with Gasteiger partial charge in [-0.1, -0.05) is 33.3 Å². The minimum atomic E-state index is -1.29. The van der Waals surface area contributed by atoms with Crippen LogP contribution in [0.4, 0.5) is 0 Å². The molecule has 2 aromatic rings. The van der Waals surface area contributed by atoms with Crippen molar-refractivity contribution in [3.8, 4) is 23.0 Å². The number of ether oxygens (including phenoxy) is 5. The molecule has 13 heteroatoms. The van der Waals surface area contributed by atoms with Gasteiger partial charge in [-0.25, -0.2) is 0 Å². The molecule has 0 aromatic heterocycles. The lowest BCUT2D eigenvalue weighted by Gasteiger charge is -2.41. The van der Waals surface area contributed by atoms with Gasteiger partial charge in [-0.2, -0.15) is 0 Å². The summed E-state index contributed by atoms with van der Waals surface area (Å²) in [6.07, 6.45) is 2.81. The lowest BCUT2D eigenvalue weighted by molar-refractivity contribution is -0.149. The zero-order valence-corrected chi connectivity index (χ0v) is 31.1. The molecule has 12 nitrogen and oxygen atoms in total. The molecule has 272 valence electrons. The van der Waals surface area contributed by atoms with E-state index in [1.54, 1.807) is 23.1 Å². The van der Waals surface area contributed by atoms with Crippen LogP contribution in [-0.2, 0) is 20.9 Å². The molecule has 2 aliphatic carbocycles. The van der Waals surface area contributed by atoms with Crippen LogP contribution >= 0.6 is 22.6 Å². The molecule has 6 atom stereocenters. The van der Waals surface area contributed by atoms with Crippen molar-refractivity contribution in [2.24, 2.45) is 17.8 Å². The number of aliphatic hydroxyl groups is 2. The van der Waals surface area contributed by atoms with Crippen LogP contribution in [0.1, 0.15) is 62.4 Å². The van der Waals surface area contributed by atoms with Gasteiger partial charge in [0.25, 0.3) is 0 Å². The second kappa shape index (κ2) is 17.2. The number of amides is 2. The smallest absolute Gasteiger partial charge is 0.249 e. The maximum absolute atomic E-state index is 14.4. The Morgan fingerprint density at radius 1 is 1.16 bits per heavy atom. The maximum Gasteiger partial charge on any atom is 0.249 e. The molecule has 50 heavy (non-hydrogen) atoms. The topological polar surface area (TPSA) is 153 Å². The van der Waals surface area contributed by atoms with E-state index in [0.717, 1.165) is 24.8 Å². The first-order valence-electron chi connectivity index (χ1n) is 17.1. The van der Waals surface area contributed by atoms with E-state index in [0.29, 0.717) is 44.7 Å². The highest BCUT2D eigenvalue weighted by molar-refractivity contribution is 14.1. The monoisotopic (exact) mass is 806 g/mol. The second-order valence-corrected chi connectivity index (χ2v) is 14.7. The van der Waals surface area contributed by atoms with Crippen molar-refractivity contribution in [2.45, 2.75) is 77.4 Å². The Morgan fingerprint density at radius 2 is 1.94 bits per heavy atom. The molecule has 2 amide bonds. The first kappa shape index (κ1) is 37.8. The molecule has 6 unspecified atom stereocenters. The van der Waals surface area contributed by atoms with Gasteiger partial charge in [0.05, 0.1) is 29.4 Å². The fourth-order valence-corrected chi connectivity index (χ4v) is 7.78. The van der Waals surface area contributed by atoms with E-state index in [-0.39, 0.29) is 68.6 Å². The summed E-state index contributed by atoms with van der Waals surface area (Å²) in [5.74, 6) is 2.12. The minimum absolute atomic E-state index is 0.0158. The number of hydrogen-bond donors (Lipinski definition) is 3. The number of benzene rings is 2. The number of rotatable bonds is 14. The highest BCUT2D eigenvalue weighted by Crippen LogP contribution is 2.39. The molecular formula is C37H47IN2O10. The van der Waals surface area contributed by atoms with E-state index in [1.165, 1.54) is 19.3 Å². The van der Waals surface area contributed by atoms with Crippen molar-refractivity contribution in [2.75, 3.05) is 33.7 Å². The Hall–Kier alpha value is -3.40.